The van der Waals surface area contributed by atoms with Gasteiger partial charge >= 0.3 is 0 Å². The smallest absolute Gasteiger partial charge is 0.129 e. The van der Waals surface area contributed by atoms with E-state index >= 15 is 0 Å². The molecule has 92 valence electrons. The molecule has 2 nitrogen and oxygen atoms in total. The minimum absolute atomic E-state index is 0. The van der Waals surface area contributed by atoms with Crippen molar-refractivity contribution >= 4 is 24.0 Å². The summed E-state index contributed by atoms with van der Waals surface area (Å²) in [6.07, 6.45) is 0. The number of rotatable bonds is 4. The predicted octanol–water partition coefficient (Wildman–Crippen LogP) is 2.76. The lowest BCUT2D eigenvalue weighted by Crippen LogP contribution is -2.42. The summed E-state index contributed by atoms with van der Waals surface area (Å²) in [5.41, 5.74) is -0.00768. The molecule has 0 bridgehead atoms. The molecule has 0 saturated heterocycles. The Labute approximate surface area is 106 Å². The van der Waals surface area contributed by atoms with E-state index in [1.165, 1.54) is 6.07 Å². The minimum Gasteiger partial charge on any atom is -0.394 e. The van der Waals surface area contributed by atoms with E-state index in [9.17, 15) is 4.39 Å². The fraction of sp³-hybridized carbons (Fsp3) is 0.455. The zero-order valence-electron chi connectivity index (χ0n) is 9.26. The Balaban J connectivity index is 0.00000225. The van der Waals surface area contributed by atoms with Crippen LogP contribution in [0, 0.1) is 5.82 Å². The second-order valence-electron chi connectivity index (χ2n) is 4.10. The molecule has 0 aromatic heterocycles. The van der Waals surface area contributed by atoms with Crippen molar-refractivity contribution in [3.8, 4) is 0 Å². The molecule has 1 aromatic carbocycles. The second-order valence-corrected chi connectivity index (χ2v) is 4.50. The van der Waals surface area contributed by atoms with Crippen LogP contribution in [0.1, 0.15) is 19.4 Å². The number of aliphatic hydroxyl groups excluding tert-OH is 1. The number of hydrogen-bond acceptors (Lipinski definition) is 2. The van der Waals surface area contributed by atoms with E-state index in [0.717, 1.165) is 0 Å². The molecule has 16 heavy (non-hydrogen) atoms. The minimum atomic E-state index is -0.439. The van der Waals surface area contributed by atoms with Crippen molar-refractivity contribution in [2.24, 2.45) is 0 Å². The van der Waals surface area contributed by atoms with Gasteiger partial charge in [0.25, 0.3) is 0 Å². The highest BCUT2D eigenvalue weighted by atomic mass is 35.5. The van der Waals surface area contributed by atoms with E-state index in [2.05, 4.69) is 5.32 Å². The van der Waals surface area contributed by atoms with E-state index in [4.69, 9.17) is 16.7 Å². The second kappa shape index (κ2) is 6.40. The van der Waals surface area contributed by atoms with E-state index in [1.807, 2.05) is 13.8 Å². The molecule has 0 unspecified atom stereocenters. The van der Waals surface area contributed by atoms with Crippen LogP contribution in [0.2, 0.25) is 5.02 Å². The van der Waals surface area contributed by atoms with Gasteiger partial charge in [0.2, 0.25) is 0 Å². The van der Waals surface area contributed by atoms with Crippen molar-refractivity contribution in [1.82, 2.24) is 5.32 Å². The van der Waals surface area contributed by atoms with E-state index < -0.39 is 5.54 Å². The summed E-state index contributed by atoms with van der Waals surface area (Å²) >= 11 is 5.86. The van der Waals surface area contributed by atoms with Gasteiger partial charge in [0.05, 0.1) is 6.61 Å². The van der Waals surface area contributed by atoms with Gasteiger partial charge in [0.15, 0.2) is 0 Å². The molecule has 1 aromatic rings. The van der Waals surface area contributed by atoms with Crippen molar-refractivity contribution < 1.29 is 9.50 Å². The Morgan fingerprint density at radius 1 is 1.44 bits per heavy atom. The molecule has 0 saturated carbocycles. The zero-order valence-corrected chi connectivity index (χ0v) is 10.8. The van der Waals surface area contributed by atoms with Gasteiger partial charge in [-0.15, -0.1) is 12.4 Å². The van der Waals surface area contributed by atoms with Crippen molar-refractivity contribution in [3.63, 3.8) is 0 Å². The average molecular weight is 268 g/mol. The first-order valence-corrected chi connectivity index (χ1v) is 5.13. The Morgan fingerprint density at radius 2 is 2.06 bits per heavy atom. The zero-order chi connectivity index (χ0) is 11.5. The standard InChI is InChI=1S/C11H15ClFNO.ClH/c1-11(2,7-15)14-6-8-9(12)4-3-5-10(8)13;/h3-5,14-15H,6-7H2,1-2H3;1H. The van der Waals surface area contributed by atoms with Gasteiger partial charge in [-0.2, -0.15) is 0 Å². The molecule has 2 N–H and O–H groups in total. The molecular weight excluding hydrogens is 252 g/mol. The lowest BCUT2D eigenvalue weighted by molar-refractivity contribution is 0.187. The molecule has 0 aliphatic carbocycles. The molecular formula is C11H16Cl2FNO. The third kappa shape index (κ3) is 4.26. The highest BCUT2D eigenvalue weighted by molar-refractivity contribution is 6.31. The Hall–Kier alpha value is -0.350. The molecule has 1 rings (SSSR count). The normalized spacial score (nSPS) is 11.1. The number of benzene rings is 1. The monoisotopic (exact) mass is 267 g/mol. The van der Waals surface area contributed by atoms with Crippen LogP contribution in [0.3, 0.4) is 0 Å². The van der Waals surface area contributed by atoms with Gasteiger partial charge in [-0.05, 0) is 26.0 Å². The topological polar surface area (TPSA) is 32.3 Å². The molecule has 0 spiro atoms. The van der Waals surface area contributed by atoms with Crippen molar-refractivity contribution in [2.45, 2.75) is 25.9 Å². The van der Waals surface area contributed by atoms with Crippen LogP contribution >= 0.6 is 24.0 Å². The molecule has 0 aliphatic heterocycles. The van der Waals surface area contributed by atoms with Gasteiger partial charge in [0, 0.05) is 22.7 Å². The fourth-order valence-electron chi connectivity index (χ4n) is 1.08. The predicted molar refractivity (Wildman–Crippen MR) is 66.7 cm³/mol. The van der Waals surface area contributed by atoms with Gasteiger partial charge in [0.1, 0.15) is 5.82 Å². The summed E-state index contributed by atoms with van der Waals surface area (Å²) in [7, 11) is 0. The maximum Gasteiger partial charge on any atom is 0.129 e. The molecule has 0 heterocycles. The van der Waals surface area contributed by atoms with Crippen molar-refractivity contribution in [2.75, 3.05) is 6.61 Å². The van der Waals surface area contributed by atoms with Gasteiger partial charge in [-0.3, -0.25) is 0 Å². The van der Waals surface area contributed by atoms with Crippen LogP contribution in [-0.4, -0.2) is 17.3 Å². The van der Waals surface area contributed by atoms with Crippen LogP contribution in [0.25, 0.3) is 0 Å². The first-order valence-electron chi connectivity index (χ1n) is 4.75. The summed E-state index contributed by atoms with van der Waals surface area (Å²) in [6, 6.07) is 4.58. The maximum absolute atomic E-state index is 13.3. The quantitative estimate of drug-likeness (QED) is 0.880. The summed E-state index contributed by atoms with van der Waals surface area (Å²) < 4.78 is 13.3. The fourth-order valence-corrected chi connectivity index (χ4v) is 1.31. The van der Waals surface area contributed by atoms with Crippen molar-refractivity contribution in [3.05, 3.63) is 34.6 Å². The first kappa shape index (κ1) is 15.7. The van der Waals surface area contributed by atoms with Gasteiger partial charge in [-0.1, -0.05) is 17.7 Å². The Bertz CT molecular complexity index is 325. The number of aliphatic hydroxyl groups is 1. The van der Waals surface area contributed by atoms with Gasteiger partial charge < -0.3 is 10.4 Å². The first-order chi connectivity index (χ1) is 6.96. The number of nitrogens with one attached hydrogen (secondary N) is 1. The van der Waals surface area contributed by atoms with E-state index in [0.29, 0.717) is 17.1 Å². The SMILES string of the molecule is CC(C)(CO)NCc1c(F)cccc1Cl.Cl. The van der Waals surface area contributed by atoms with E-state index in [1.54, 1.807) is 12.1 Å². The Kier molecular flexibility index (Phi) is 6.26. The van der Waals surface area contributed by atoms with Crippen LogP contribution in [-0.2, 0) is 6.54 Å². The molecule has 0 aliphatic rings. The third-order valence-electron chi connectivity index (χ3n) is 2.20. The molecule has 5 heteroatoms. The lowest BCUT2D eigenvalue weighted by atomic mass is 10.1. The number of halogens is 3. The van der Waals surface area contributed by atoms with E-state index in [-0.39, 0.29) is 24.8 Å². The average Bonchev–Trinajstić information content (AvgIpc) is 2.17. The number of hydrogen-bond donors (Lipinski definition) is 2. The largest absolute Gasteiger partial charge is 0.394 e. The molecule has 0 amide bonds. The van der Waals surface area contributed by atoms with Crippen LogP contribution in [0.4, 0.5) is 4.39 Å². The summed E-state index contributed by atoms with van der Waals surface area (Å²) in [4.78, 5) is 0. The summed E-state index contributed by atoms with van der Waals surface area (Å²) in [5.74, 6) is -0.330. The summed E-state index contributed by atoms with van der Waals surface area (Å²) in [5, 5.41) is 12.5. The van der Waals surface area contributed by atoms with Crippen LogP contribution in [0.5, 0.6) is 0 Å². The maximum atomic E-state index is 13.3. The highest BCUT2D eigenvalue weighted by Crippen LogP contribution is 2.19. The van der Waals surface area contributed by atoms with Crippen molar-refractivity contribution in [1.29, 1.82) is 0 Å². The summed E-state index contributed by atoms with van der Waals surface area (Å²) in [6.45, 7) is 3.96. The van der Waals surface area contributed by atoms with Crippen LogP contribution < -0.4 is 5.32 Å². The third-order valence-corrected chi connectivity index (χ3v) is 2.55. The van der Waals surface area contributed by atoms with Crippen LogP contribution in [0.15, 0.2) is 18.2 Å². The van der Waals surface area contributed by atoms with Gasteiger partial charge in [-0.25, -0.2) is 4.39 Å². The highest BCUT2D eigenvalue weighted by Gasteiger charge is 2.16. The lowest BCUT2D eigenvalue weighted by Gasteiger charge is -2.23. The molecule has 0 radical (unpaired) electrons. The molecule has 0 fully saturated rings. The molecule has 0 atom stereocenters. The Morgan fingerprint density at radius 3 is 2.56 bits per heavy atom.